The molecule has 0 radical (unpaired) electrons. The molecule has 0 aliphatic carbocycles. The Hall–Kier alpha value is -7.49. The largest absolute Gasteiger partial charge is 0.208 e. The summed E-state index contributed by atoms with van der Waals surface area (Å²) in [6.07, 6.45) is 0. The monoisotopic (exact) mass is 711 g/mol. The van der Waals surface area contributed by atoms with Crippen molar-refractivity contribution in [3.63, 3.8) is 0 Å². The molecule has 10 aromatic carbocycles. The Kier molecular flexibility index (Phi) is 7.49. The molecular weight excluding hydrogens is 679 g/mol. The summed E-state index contributed by atoms with van der Waals surface area (Å²) in [4.78, 5) is 15.1. The van der Waals surface area contributed by atoms with Gasteiger partial charge in [0.2, 0.25) is 0 Å². The topological polar surface area (TPSA) is 38.7 Å². The fourth-order valence-corrected chi connectivity index (χ4v) is 8.39. The van der Waals surface area contributed by atoms with Gasteiger partial charge in [0.25, 0.3) is 0 Å². The minimum atomic E-state index is 0.639. The van der Waals surface area contributed by atoms with Crippen molar-refractivity contribution >= 4 is 53.9 Å². The molecule has 0 aliphatic heterocycles. The lowest BCUT2D eigenvalue weighted by atomic mass is 9.87. The van der Waals surface area contributed by atoms with Crippen molar-refractivity contribution in [2.45, 2.75) is 0 Å². The third-order valence-corrected chi connectivity index (χ3v) is 11.1. The molecule has 0 aliphatic rings. The zero-order valence-electron chi connectivity index (χ0n) is 30.4. The quantitative estimate of drug-likeness (QED) is 0.167. The molecule has 260 valence electrons. The van der Waals surface area contributed by atoms with E-state index < -0.39 is 0 Å². The molecule has 11 aromatic rings. The SMILES string of the molecule is c1ccc(-c2nc(-c3cccc(-c4cccc(-c5cc6c7ccccc7c7ccccc7c6c6ccccc56)c4)c3)nc(-c3ccc4ccccc4c3)n2)cc1. The van der Waals surface area contributed by atoms with Crippen molar-refractivity contribution in [1.82, 2.24) is 15.0 Å². The Balaban J connectivity index is 1.06. The van der Waals surface area contributed by atoms with Crippen LogP contribution in [0.25, 0.3) is 110 Å². The van der Waals surface area contributed by atoms with Crippen LogP contribution in [0.5, 0.6) is 0 Å². The van der Waals surface area contributed by atoms with Crippen molar-refractivity contribution in [1.29, 1.82) is 0 Å². The fourth-order valence-electron chi connectivity index (χ4n) is 8.39. The van der Waals surface area contributed by atoms with Crippen molar-refractivity contribution < 1.29 is 0 Å². The first kappa shape index (κ1) is 32.0. The molecule has 0 amide bonds. The third-order valence-electron chi connectivity index (χ3n) is 11.1. The van der Waals surface area contributed by atoms with Gasteiger partial charge in [-0.25, -0.2) is 15.0 Å². The van der Waals surface area contributed by atoms with E-state index in [-0.39, 0.29) is 0 Å². The lowest BCUT2D eigenvalue weighted by Crippen LogP contribution is -2.00. The second kappa shape index (κ2) is 13.1. The van der Waals surface area contributed by atoms with Crippen LogP contribution in [0.4, 0.5) is 0 Å². The number of aromatic nitrogens is 3. The first-order chi connectivity index (χ1) is 27.7. The standard InChI is InChI=1S/C53H33N3/c1-2-15-35(16-3-1)51-54-52(56-53(55-51)41-29-28-34-14-4-5-17-36(34)31-41)40-21-13-19-38(32-40)37-18-12-20-39(30-37)48-33-49-44-24-7-6-22-42(44)43-23-8-10-26-46(43)50(49)47-27-11-9-25-45(47)48/h1-33H. The summed E-state index contributed by atoms with van der Waals surface area (Å²) < 4.78 is 0. The number of hydrogen-bond donors (Lipinski definition) is 0. The lowest BCUT2D eigenvalue weighted by molar-refractivity contribution is 1.07. The van der Waals surface area contributed by atoms with E-state index in [2.05, 4.69) is 170 Å². The van der Waals surface area contributed by atoms with Gasteiger partial charge in [-0.15, -0.1) is 0 Å². The summed E-state index contributed by atoms with van der Waals surface area (Å²) in [5.74, 6) is 1.93. The minimum absolute atomic E-state index is 0.639. The Labute approximate surface area is 324 Å². The number of benzene rings is 10. The van der Waals surface area contributed by atoms with Gasteiger partial charge in [-0.05, 0) is 100 Å². The predicted octanol–water partition coefficient (Wildman–Crippen LogP) is 14.0. The molecule has 0 saturated carbocycles. The van der Waals surface area contributed by atoms with Crippen LogP contribution in [0, 0.1) is 0 Å². The lowest BCUT2D eigenvalue weighted by Gasteiger charge is -2.16. The average molecular weight is 712 g/mol. The van der Waals surface area contributed by atoms with E-state index >= 15 is 0 Å². The molecule has 3 heteroatoms. The second-order valence-corrected chi connectivity index (χ2v) is 14.4. The van der Waals surface area contributed by atoms with Gasteiger partial charge in [-0.1, -0.05) is 176 Å². The molecular formula is C53H33N3. The maximum Gasteiger partial charge on any atom is 0.164 e. The van der Waals surface area contributed by atoms with Crippen LogP contribution >= 0.6 is 0 Å². The highest BCUT2D eigenvalue weighted by atomic mass is 15.0. The van der Waals surface area contributed by atoms with Gasteiger partial charge in [0, 0.05) is 16.7 Å². The van der Waals surface area contributed by atoms with Crippen molar-refractivity contribution in [3.05, 3.63) is 200 Å². The smallest absolute Gasteiger partial charge is 0.164 e. The summed E-state index contributed by atoms with van der Waals surface area (Å²) in [5, 5.41) is 12.5. The molecule has 0 spiro atoms. The normalized spacial score (nSPS) is 11.6. The van der Waals surface area contributed by atoms with Crippen LogP contribution in [-0.2, 0) is 0 Å². The Morgan fingerprint density at radius 1 is 0.232 bits per heavy atom. The summed E-state index contributed by atoms with van der Waals surface area (Å²) in [6, 6.07) is 71.3. The van der Waals surface area contributed by atoms with E-state index in [9.17, 15) is 0 Å². The summed E-state index contributed by atoms with van der Waals surface area (Å²) >= 11 is 0. The Morgan fingerprint density at radius 2 is 0.679 bits per heavy atom. The van der Waals surface area contributed by atoms with E-state index in [1.54, 1.807) is 0 Å². The molecule has 0 bridgehead atoms. The van der Waals surface area contributed by atoms with Gasteiger partial charge in [0.05, 0.1) is 0 Å². The third kappa shape index (κ3) is 5.40. The molecule has 11 rings (SSSR count). The van der Waals surface area contributed by atoms with E-state index in [1.165, 1.54) is 59.6 Å². The van der Waals surface area contributed by atoms with Gasteiger partial charge in [-0.3, -0.25) is 0 Å². The molecule has 0 fully saturated rings. The van der Waals surface area contributed by atoms with E-state index in [1.807, 2.05) is 30.3 Å². The van der Waals surface area contributed by atoms with Crippen molar-refractivity contribution in [3.8, 4) is 56.4 Å². The molecule has 0 N–H and O–H groups in total. The second-order valence-electron chi connectivity index (χ2n) is 14.4. The highest BCUT2D eigenvalue weighted by Crippen LogP contribution is 2.43. The molecule has 1 heterocycles. The number of fused-ring (bicyclic) bond motifs is 9. The Morgan fingerprint density at radius 3 is 1.38 bits per heavy atom. The van der Waals surface area contributed by atoms with Gasteiger partial charge in [-0.2, -0.15) is 0 Å². The first-order valence-corrected chi connectivity index (χ1v) is 19.0. The molecule has 3 nitrogen and oxygen atoms in total. The zero-order valence-corrected chi connectivity index (χ0v) is 30.4. The van der Waals surface area contributed by atoms with E-state index in [0.29, 0.717) is 17.5 Å². The van der Waals surface area contributed by atoms with Crippen LogP contribution < -0.4 is 0 Å². The molecule has 0 atom stereocenters. The molecule has 0 saturated heterocycles. The van der Waals surface area contributed by atoms with E-state index in [4.69, 9.17) is 15.0 Å². The van der Waals surface area contributed by atoms with Crippen LogP contribution in [0.2, 0.25) is 0 Å². The average Bonchev–Trinajstić information content (AvgIpc) is 3.28. The van der Waals surface area contributed by atoms with Gasteiger partial charge >= 0.3 is 0 Å². The maximum atomic E-state index is 5.09. The van der Waals surface area contributed by atoms with Gasteiger partial charge < -0.3 is 0 Å². The summed E-state index contributed by atoms with van der Waals surface area (Å²) in [5.41, 5.74) is 7.46. The summed E-state index contributed by atoms with van der Waals surface area (Å²) in [7, 11) is 0. The highest BCUT2D eigenvalue weighted by Gasteiger charge is 2.17. The molecule has 56 heavy (non-hydrogen) atoms. The predicted molar refractivity (Wildman–Crippen MR) is 235 cm³/mol. The van der Waals surface area contributed by atoms with Crippen LogP contribution in [0.1, 0.15) is 0 Å². The summed E-state index contributed by atoms with van der Waals surface area (Å²) in [6.45, 7) is 0. The fraction of sp³-hybridized carbons (Fsp3) is 0. The number of nitrogens with zero attached hydrogens (tertiary/aromatic N) is 3. The van der Waals surface area contributed by atoms with Crippen LogP contribution in [0.15, 0.2) is 200 Å². The van der Waals surface area contributed by atoms with Gasteiger partial charge in [0.15, 0.2) is 17.5 Å². The highest BCUT2D eigenvalue weighted by molar-refractivity contribution is 6.33. The van der Waals surface area contributed by atoms with E-state index in [0.717, 1.165) is 33.2 Å². The first-order valence-electron chi connectivity index (χ1n) is 19.0. The minimum Gasteiger partial charge on any atom is -0.208 e. The number of rotatable bonds is 5. The number of hydrogen-bond acceptors (Lipinski definition) is 3. The molecule has 1 aromatic heterocycles. The zero-order chi connectivity index (χ0) is 37.0. The van der Waals surface area contributed by atoms with Crippen LogP contribution in [-0.4, -0.2) is 15.0 Å². The molecule has 0 unspecified atom stereocenters. The van der Waals surface area contributed by atoms with Crippen molar-refractivity contribution in [2.75, 3.05) is 0 Å². The maximum absolute atomic E-state index is 5.09. The Bertz CT molecular complexity index is 3310. The van der Waals surface area contributed by atoms with Crippen molar-refractivity contribution in [2.24, 2.45) is 0 Å². The van der Waals surface area contributed by atoms with Gasteiger partial charge in [0.1, 0.15) is 0 Å². The van der Waals surface area contributed by atoms with Crippen LogP contribution in [0.3, 0.4) is 0 Å².